The molecule has 1 saturated heterocycles. The lowest BCUT2D eigenvalue weighted by atomic mass is 9.92. The molecule has 0 aromatic carbocycles. The van der Waals surface area contributed by atoms with Gasteiger partial charge in [0, 0.05) is 49.9 Å². The molecule has 0 radical (unpaired) electrons. The van der Waals surface area contributed by atoms with Crippen LogP contribution in [0.25, 0.3) is 0 Å². The van der Waals surface area contributed by atoms with E-state index < -0.39 is 0 Å². The highest BCUT2D eigenvalue weighted by atomic mass is 32.2. The first-order valence-electron chi connectivity index (χ1n) is 8.21. The fourth-order valence-electron chi connectivity index (χ4n) is 2.82. The first-order chi connectivity index (χ1) is 9.88. The van der Waals surface area contributed by atoms with E-state index in [1.165, 1.54) is 12.8 Å². The Labute approximate surface area is 134 Å². The largest absolute Gasteiger partial charge is 0.334 e. The van der Waals surface area contributed by atoms with Gasteiger partial charge in [0.25, 0.3) is 0 Å². The Bertz CT molecular complexity index is 305. The lowest BCUT2D eigenvalue weighted by Gasteiger charge is -2.48. The lowest BCUT2D eigenvalue weighted by Crippen LogP contribution is -2.62. The van der Waals surface area contributed by atoms with Crippen LogP contribution < -0.4 is 0 Å². The highest BCUT2D eigenvalue weighted by Crippen LogP contribution is 2.27. The maximum Gasteiger partial charge on any atom is 0.220 e. The van der Waals surface area contributed by atoms with Crippen LogP contribution in [0.4, 0.5) is 0 Å². The minimum atomic E-state index is 0.186. The number of hydrogen-bond donors (Lipinski definition) is 0. The van der Waals surface area contributed by atoms with Gasteiger partial charge >= 0.3 is 0 Å². The number of unbranched alkanes of at least 4 members (excludes halogenated alkanes) is 1. The number of hydrogen-bond acceptors (Lipinski definition) is 4. The maximum atomic E-state index is 12.1. The minimum Gasteiger partial charge on any atom is -0.334 e. The predicted octanol–water partition coefficient (Wildman–Crippen LogP) is 3.58. The second kappa shape index (κ2) is 9.01. The van der Waals surface area contributed by atoms with Gasteiger partial charge in [0.2, 0.25) is 5.91 Å². The molecule has 0 aliphatic carbocycles. The molecule has 1 amide bonds. The van der Waals surface area contributed by atoms with Gasteiger partial charge in [0.15, 0.2) is 0 Å². The van der Waals surface area contributed by atoms with E-state index in [-0.39, 0.29) is 18.0 Å². The summed E-state index contributed by atoms with van der Waals surface area (Å²) in [6, 6.07) is 0.464. The summed E-state index contributed by atoms with van der Waals surface area (Å²) in [6.07, 6.45) is 2.37. The highest BCUT2D eigenvalue weighted by Gasteiger charge is 2.39. The summed E-state index contributed by atoms with van der Waals surface area (Å²) in [5.74, 6) is 2.08. The Morgan fingerprint density at radius 1 is 1.19 bits per heavy atom. The summed E-state index contributed by atoms with van der Waals surface area (Å²) in [7, 11) is 0. The fraction of sp³-hybridized carbons (Fsp3) is 0.938. The van der Waals surface area contributed by atoms with Crippen molar-refractivity contribution in [1.82, 2.24) is 9.96 Å². The van der Waals surface area contributed by atoms with Crippen molar-refractivity contribution in [1.29, 1.82) is 0 Å². The molecule has 0 spiro atoms. The van der Waals surface area contributed by atoms with Gasteiger partial charge in [-0.3, -0.25) is 4.79 Å². The van der Waals surface area contributed by atoms with Crippen molar-refractivity contribution in [3.63, 3.8) is 0 Å². The van der Waals surface area contributed by atoms with Crippen LogP contribution in [0, 0.1) is 11.8 Å². The van der Waals surface area contributed by atoms with Gasteiger partial charge in [-0.25, -0.2) is 4.28 Å². The van der Waals surface area contributed by atoms with Gasteiger partial charge in [0.1, 0.15) is 0 Å². The standard InChI is InChI=1S/C16H32N2O2S/c1-7-8-9-21-20-17-10-15(12(2)3)18(14(6)19)16(11-17)13(4)5/h12-13,15-16H,7-11H2,1-6H3. The molecule has 124 valence electrons. The first-order valence-corrected chi connectivity index (χ1v) is 9.12. The average Bonchev–Trinajstić information content (AvgIpc) is 2.42. The molecule has 0 aromatic rings. The van der Waals surface area contributed by atoms with Crippen molar-refractivity contribution in [2.45, 2.75) is 66.5 Å². The normalized spacial score (nSPS) is 24.1. The van der Waals surface area contributed by atoms with E-state index in [4.69, 9.17) is 4.28 Å². The van der Waals surface area contributed by atoms with E-state index in [1.54, 1.807) is 19.0 Å². The Morgan fingerprint density at radius 3 is 2.10 bits per heavy atom. The van der Waals surface area contributed by atoms with E-state index >= 15 is 0 Å². The quantitative estimate of drug-likeness (QED) is 0.531. The molecule has 0 N–H and O–H groups in total. The van der Waals surface area contributed by atoms with E-state index in [2.05, 4.69) is 44.6 Å². The van der Waals surface area contributed by atoms with Crippen LogP contribution in [0.3, 0.4) is 0 Å². The van der Waals surface area contributed by atoms with Gasteiger partial charge in [0.05, 0.1) is 0 Å². The molecular weight excluding hydrogens is 284 g/mol. The van der Waals surface area contributed by atoms with E-state index in [0.717, 1.165) is 18.8 Å². The molecule has 1 heterocycles. The maximum absolute atomic E-state index is 12.1. The van der Waals surface area contributed by atoms with Gasteiger partial charge in [-0.05, 0) is 18.3 Å². The van der Waals surface area contributed by atoms with Crippen molar-refractivity contribution in [2.24, 2.45) is 11.8 Å². The minimum absolute atomic E-state index is 0.186. The van der Waals surface area contributed by atoms with Crippen LogP contribution in [0.15, 0.2) is 0 Å². The van der Waals surface area contributed by atoms with Crippen molar-refractivity contribution in [2.75, 3.05) is 18.8 Å². The third-order valence-corrected chi connectivity index (χ3v) is 4.91. The smallest absolute Gasteiger partial charge is 0.220 e. The van der Waals surface area contributed by atoms with Crippen molar-refractivity contribution in [3.05, 3.63) is 0 Å². The molecule has 1 aliphatic heterocycles. The molecule has 4 nitrogen and oxygen atoms in total. The summed E-state index contributed by atoms with van der Waals surface area (Å²) in [4.78, 5) is 14.2. The van der Waals surface area contributed by atoms with Gasteiger partial charge in [-0.1, -0.05) is 41.0 Å². The van der Waals surface area contributed by atoms with Gasteiger partial charge in [-0.2, -0.15) is 5.06 Å². The monoisotopic (exact) mass is 316 g/mol. The second-order valence-electron chi connectivity index (χ2n) is 6.65. The third-order valence-electron chi connectivity index (χ3n) is 4.14. The second-order valence-corrected chi connectivity index (χ2v) is 7.44. The summed E-state index contributed by atoms with van der Waals surface area (Å²) in [5, 5.41) is 2.06. The molecule has 0 saturated carbocycles. The van der Waals surface area contributed by atoms with Crippen LogP contribution >= 0.6 is 12.0 Å². The van der Waals surface area contributed by atoms with E-state index in [0.29, 0.717) is 11.8 Å². The number of amides is 1. The number of carbonyl (C=O) groups excluding carboxylic acids is 1. The van der Waals surface area contributed by atoms with E-state index in [1.807, 2.05) is 0 Å². The number of rotatable bonds is 7. The molecule has 0 bridgehead atoms. The molecule has 1 fully saturated rings. The van der Waals surface area contributed by atoms with Crippen LogP contribution in [-0.4, -0.2) is 46.8 Å². The Balaban J connectivity index is 2.73. The molecule has 2 unspecified atom stereocenters. The van der Waals surface area contributed by atoms with Crippen molar-refractivity contribution in [3.8, 4) is 0 Å². The number of hydroxylamine groups is 2. The van der Waals surface area contributed by atoms with Crippen LogP contribution in [0.5, 0.6) is 0 Å². The first kappa shape index (κ1) is 18.8. The molecule has 1 aliphatic rings. The third kappa shape index (κ3) is 5.46. The zero-order valence-electron chi connectivity index (χ0n) is 14.5. The lowest BCUT2D eigenvalue weighted by molar-refractivity contribution is -0.159. The number of nitrogens with zero attached hydrogens (tertiary/aromatic N) is 2. The predicted molar refractivity (Wildman–Crippen MR) is 89.8 cm³/mol. The van der Waals surface area contributed by atoms with Crippen LogP contribution in [0.1, 0.15) is 54.4 Å². The molecular formula is C16H32N2O2S. The highest BCUT2D eigenvalue weighted by molar-refractivity contribution is 7.94. The Kier molecular flexibility index (Phi) is 8.06. The van der Waals surface area contributed by atoms with Crippen molar-refractivity contribution >= 4 is 17.9 Å². The Hall–Kier alpha value is -0.260. The van der Waals surface area contributed by atoms with E-state index in [9.17, 15) is 4.79 Å². The molecule has 0 aromatic heterocycles. The molecule has 2 atom stereocenters. The summed E-state index contributed by atoms with van der Waals surface area (Å²) in [5.41, 5.74) is 0. The topological polar surface area (TPSA) is 32.8 Å². The van der Waals surface area contributed by atoms with Gasteiger partial charge in [-0.15, -0.1) is 0 Å². The van der Waals surface area contributed by atoms with Crippen LogP contribution in [0.2, 0.25) is 0 Å². The fourth-order valence-corrected chi connectivity index (χ4v) is 3.57. The summed E-state index contributed by atoms with van der Waals surface area (Å²) < 4.78 is 5.89. The van der Waals surface area contributed by atoms with Crippen LogP contribution in [-0.2, 0) is 9.08 Å². The Morgan fingerprint density at radius 2 is 1.71 bits per heavy atom. The molecule has 21 heavy (non-hydrogen) atoms. The number of carbonyl (C=O) groups is 1. The zero-order valence-corrected chi connectivity index (χ0v) is 15.3. The zero-order chi connectivity index (χ0) is 16.0. The molecule has 5 heteroatoms. The van der Waals surface area contributed by atoms with Gasteiger partial charge < -0.3 is 4.90 Å². The summed E-state index contributed by atoms with van der Waals surface area (Å²) >= 11 is 1.54. The SMILES string of the molecule is CCCCSON1CC(C(C)C)N(C(C)=O)C(C(C)C)C1. The number of piperazine rings is 1. The molecule has 1 rings (SSSR count). The van der Waals surface area contributed by atoms with Crippen molar-refractivity contribution < 1.29 is 9.08 Å². The average molecular weight is 317 g/mol. The summed E-state index contributed by atoms with van der Waals surface area (Å²) in [6.45, 7) is 14.2.